The van der Waals surface area contributed by atoms with Crippen LogP contribution in [0, 0.1) is 0 Å². The molecule has 70 valence electrons. The van der Waals surface area contributed by atoms with Gasteiger partial charge in [0.25, 0.3) is 0 Å². The lowest BCUT2D eigenvalue weighted by atomic mass is 9.86. The molecule has 3 nitrogen and oxygen atoms in total. The number of fused-ring (bicyclic) bond motifs is 1. The largest absolute Gasteiger partial charge is 0.504 e. The Morgan fingerprint density at radius 1 is 1.15 bits per heavy atom. The zero-order valence-electron chi connectivity index (χ0n) is 7.88. The lowest BCUT2D eigenvalue weighted by Gasteiger charge is -2.18. The second-order valence-electron chi connectivity index (χ2n) is 4.30. The third-order valence-corrected chi connectivity index (χ3v) is 2.16. The van der Waals surface area contributed by atoms with Gasteiger partial charge in [-0.05, 0) is 11.5 Å². The molecule has 0 unspecified atom stereocenters. The van der Waals surface area contributed by atoms with Gasteiger partial charge in [0.1, 0.15) is 0 Å². The topological polar surface area (TPSA) is 53.0 Å². The Kier molecular flexibility index (Phi) is 1.33. The van der Waals surface area contributed by atoms with Gasteiger partial charge in [-0.25, -0.2) is 0 Å². The average molecular weight is 180 g/mol. The molecule has 0 saturated carbocycles. The van der Waals surface area contributed by atoms with Crippen molar-refractivity contribution in [1.82, 2.24) is 0 Å². The summed E-state index contributed by atoms with van der Waals surface area (Å²) in [6.45, 7) is 5.91. The van der Waals surface area contributed by atoms with E-state index in [9.17, 15) is 10.2 Å². The molecule has 0 spiro atoms. The van der Waals surface area contributed by atoms with Crippen molar-refractivity contribution in [3.63, 3.8) is 0 Å². The molecule has 0 radical (unpaired) electrons. The van der Waals surface area contributed by atoms with E-state index in [1.54, 1.807) is 6.07 Å². The van der Waals surface area contributed by atoms with Gasteiger partial charge < -0.3 is 14.9 Å². The van der Waals surface area contributed by atoms with Gasteiger partial charge in [0.2, 0.25) is 11.5 Å². The molecule has 13 heavy (non-hydrogen) atoms. The van der Waals surface area contributed by atoms with Gasteiger partial charge in [-0.3, -0.25) is 0 Å². The minimum absolute atomic E-state index is 0.109. The first-order chi connectivity index (χ1) is 5.91. The first-order valence-corrected chi connectivity index (χ1v) is 4.18. The number of ether oxygens (including phenoxy) is 1. The van der Waals surface area contributed by atoms with Crippen molar-refractivity contribution in [1.29, 1.82) is 0 Å². The van der Waals surface area contributed by atoms with E-state index in [-0.39, 0.29) is 16.9 Å². The van der Waals surface area contributed by atoms with Crippen molar-refractivity contribution < 1.29 is 14.9 Å². The van der Waals surface area contributed by atoms with Crippen LogP contribution in [0.1, 0.15) is 26.3 Å². The van der Waals surface area contributed by atoms with Gasteiger partial charge in [0.05, 0.1) is 0 Å². The van der Waals surface area contributed by atoms with Crippen LogP contribution < -0.4 is 4.74 Å². The summed E-state index contributed by atoms with van der Waals surface area (Å²) in [6.07, 6.45) is 0. The number of hydrogen-bond acceptors (Lipinski definition) is 3. The van der Waals surface area contributed by atoms with Crippen LogP contribution >= 0.6 is 0 Å². The van der Waals surface area contributed by atoms with Crippen molar-refractivity contribution >= 4 is 0 Å². The Morgan fingerprint density at radius 2 is 1.77 bits per heavy atom. The maximum Gasteiger partial charge on any atom is 0.216 e. The second kappa shape index (κ2) is 2.10. The van der Waals surface area contributed by atoms with E-state index in [4.69, 9.17) is 4.74 Å². The molecule has 3 heteroatoms. The van der Waals surface area contributed by atoms with Gasteiger partial charge in [0.15, 0.2) is 11.5 Å². The van der Waals surface area contributed by atoms with Crippen LogP contribution in [0.3, 0.4) is 0 Å². The molecule has 0 aliphatic carbocycles. The maximum absolute atomic E-state index is 9.67. The predicted octanol–water partition coefficient (Wildman–Crippen LogP) is 2.50. The van der Waals surface area contributed by atoms with Gasteiger partial charge in [-0.1, -0.05) is 20.8 Å². The number of rotatable bonds is 0. The highest BCUT2D eigenvalue weighted by Crippen LogP contribution is 2.60. The molecule has 0 aromatic heterocycles. The molecule has 0 fully saturated rings. The molecular formula is C10H12O3. The van der Waals surface area contributed by atoms with E-state index in [1.165, 1.54) is 0 Å². The van der Waals surface area contributed by atoms with Gasteiger partial charge in [-0.2, -0.15) is 0 Å². The summed E-state index contributed by atoms with van der Waals surface area (Å²) >= 11 is 0. The van der Waals surface area contributed by atoms with Crippen LogP contribution in [-0.2, 0) is 5.41 Å². The first-order valence-electron chi connectivity index (χ1n) is 4.18. The summed E-state index contributed by atoms with van der Waals surface area (Å²) in [4.78, 5) is 0. The van der Waals surface area contributed by atoms with Crippen LogP contribution in [0.4, 0.5) is 0 Å². The quantitative estimate of drug-likeness (QED) is 0.483. The summed E-state index contributed by atoms with van der Waals surface area (Å²) in [5.74, 6) is 1.09. The first kappa shape index (κ1) is 8.23. The van der Waals surface area contributed by atoms with Crippen LogP contribution in [0.5, 0.6) is 23.0 Å². The highest BCUT2D eigenvalue weighted by Gasteiger charge is 2.35. The maximum atomic E-state index is 9.67. The van der Waals surface area contributed by atoms with E-state index in [0.29, 0.717) is 17.1 Å². The van der Waals surface area contributed by atoms with Crippen LogP contribution in [0.25, 0.3) is 0 Å². The zero-order chi connectivity index (χ0) is 9.80. The minimum Gasteiger partial charge on any atom is -0.504 e. The lowest BCUT2D eigenvalue weighted by Crippen LogP contribution is -2.10. The second-order valence-corrected chi connectivity index (χ2v) is 4.30. The van der Waals surface area contributed by atoms with E-state index in [2.05, 4.69) is 0 Å². The zero-order valence-corrected chi connectivity index (χ0v) is 7.88. The predicted molar refractivity (Wildman–Crippen MR) is 48.5 cm³/mol. The molecule has 0 atom stereocenters. The van der Waals surface area contributed by atoms with Gasteiger partial charge in [-0.15, -0.1) is 0 Å². The Morgan fingerprint density at radius 3 is 2.31 bits per heavy atom. The standard InChI is InChI=1S/C10H12O3/c1-10(2,3)5-4-6(11)8-9(13-8)7(5)12/h4,11-12H,1-3H3. The normalized spacial score (nSPS) is 13.5. The summed E-state index contributed by atoms with van der Waals surface area (Å²) in [6, 6.07) is 1.56. The van der Waals surface area contributed by atoms with Crippen molar-refractivity contribution in [2.24, 2.45) is 0 Å². The van der Waals surface area contributed by atoms with Crippen molar-refractivity contribution in [2.45, 2.75) is 26.2 Å². The van der Waals surface area contributed by atoms with Crippen molar-refractivity contribution in [2.75, 3.05) is 0 Å². The van der Waals surface area contributed by atoms with Crippen LogP contribution in [0.15, 0.2) is 6.07 Å². The summed E-state index contributed by atoms with van der Waals surface area (Å²) in [5.41, 5.74) is 0.518. The summed E-state index contributed by atoms with van der Waals surface area (Å²) < 4.78 is 4.93. The fraction of sp³-hybridized carbons (Fsp3) is 0.400. The molecule has 0 amide bonds. The number of phenolic OH excluding ortho intramolecular Hbond substituents is 2. The summed E-state index contributed by atoms with van der Waals surface area (Å²) in [7, 11) is 0. The molecule has 2 rings (SSSR count). The minimum atomic E-state index is -0.192. The molecule has 0 bridgehead atoms. The molecule has 1 aromatic carbocycles. The number of hydrogen-bond donors (Lipinski definition) is 2. The molecule has 1 aliphatic heterocycles. The van der Waals surface area contributed by atoms with E-state index < -0.39 is 0 Å². The van der Waals surface area contributed by atoms with Crippen LogP contribution in [0.2, 0.25) is 0 Å². The molecule has 1 heterocycles. The van der Waals surface area contributed by atoms with Crippen LogP contribution in [-0.4, -0.2) is 10.2 Å². The molecule has 1 aliphatic rings. The fourth-order valence-corrected chi connectivity index (χ4v) is 1.37. The summed E-state index contributed by atoms with van der Waals surface area (Å²) in [5, 5.41) is 19.1. The molecule has 2 N–H and O–H groups in total. The van der Waals surface area contributed by atoms with Gasteiger partial charge >= 0.3 is 0 Å². The average Bonchev–Trinajstić information content (AvgIpc) is 2.73. The van der Waals surface area contributed by atoms with Gasteiger partial charge in [0, 0.05) is 5.56 Å². The third-order valence-electron chi connectivity index (χ3n) is 2.16. The smallest absolute Gasteiger partial charge is 0.216 e. The highest BCUT2D eigenvalue weighted by molar-refractivity contribution is 5.72. The van der Waals surface area contributed by atoms with Crippen molar-refractivity contribution in [3.8, 4) is 23.0 Å². The molecule has 0 saturated heterocycles. The number of phenols is 2. The fourth-order valence-electron chi connectivity index (χ4n) is 1.37. The Balaban J connectivity index is 2.61. The van der Waals surface area contributed by atoms with E-state index in [0.717, 1.165) is 0 Å². The molecule has 1 aromatic rings. The molecular weight excluding hydrogens is 168 g/mol. The Hall–Kier alpha value is -1.38. The van der Waals surface area contributed by atoms with E-state index in [1.807, 2.05) is 20.8 Å². The monoisotopic (exact) mass is 180 g/mol. The lowest BCUT2D eigenvalue weighted by molar-refractivity contribution is 0.437. The number of aromatic hydroxyl groups is 2. The van der Waals surface area contributed by atoms with E-state index >= 15 is 0 Å². The Bertz CT molecular complexity index is 375. The third kappa shape index (κ3) is 1.11. The Labute approximate surface area is 76.6 Å². The van der Waals surface area contributed by atoms with Crippen molar-refractivity contribution in [3.05, 3.63) is 11.6 Å². The highest BCUT2D eigenvalue weighted by atomic mass is 16.6. The number of benzene rings is 1. The SMILES string of the molecule is CC(C)(C)c1cc(O)c2c(c1O)O2.